The second-order valence-electron chi connectivity index (χ2n) is 5.76. The molecule has 0 aliphatic rings. The minimum absolute atomic E-state index is 0.407. The number of aryl methyl sites for hydroxylation is 2. The summed E-state index contributed by atoms with van der Waals surface area (Å²) in [7, 11) is 1.98. The normalized spacial score (nSPS) is 12.6. The molecule has 0 saturated carbocycles. The lowest BCUT2D eigenvalue weighted by molar-refractivity contribution is 0.352. The molecule has 4 heteroatoms. The highest BCUT2D eigenvalue weighted by Crippen LogP contribution is 2.13. The minimum Gasteiger partial charge on any atom is -0.339 e. The van der Waals surface area contributed by atoms with E-state index in [2.05, 4.69) is 54.4 Å². The van der Waals surface area contributed by atoms with Gasteiger partial charge in [0.2, 0.25) is 5.89 Å². The van der Waals surface area contributed by atoms with Gasteiger partial charge in [0.15, 0.2) is 5.82 Å². The van der Waals surface area contributed by atoms with E-state index < -0.39 is 0 Å². The predicted molar refractivity (Wildman–Crippen MR) is 84.5 cm³/mol. The molecule has 1 aromatic heterocycles. The summed E-state index contributed by atoms with van der Waals surface area (Å²) in [6.45, 7) is 6.41. The molecular formula is C17H25N3O. The van der Waals surface area contributed by atoms with Crippen molar-refractivity contribution in [1.29, 1.82) is 0 Å². The summed E-state index contributed by atoms with van der Waals surface area (Å²) in [5, 5.41) is 7.40. The first-order valence-electron chi connectivity index (χ1n) is 7.66. The van der Waals surface area contributed by atoms with E-state index in [1.165, 1.54) is 16.7 Å². The second-order valence-corrected chi connectivity index (χ2v) is 5.76. The number of hydrogen-bond acceptors (Lipinski definition) is 4. The fraction of sp³-hybridized carbons (Fsp3) is 0.529. The highest BCUT2D eigenvalue weighted by atomic mass is 16.5. The van der Waals surface area contributed by atoms with Crippen LogP contribution < -0.4 is 5.32 Å². The maximum atomic E-state index is 5.37. The van der Waals surface area contributed by atoms with Gasteiger partial charge in [-0.1, -0.05) is 47.8 Å². The van der Waals surface area contributed by atoms with E-state index >= 15 is 0 Å². The zero-order valence-corrected chi connectivity index (χ0v) is 13.4. The first kappa shape index (κ1) is 15.7. The molecule has 4 nitrogen and oxygen atoms in total. The monoisotopic (exact) mass is 287 g/mol. The van der Waals surface area contributed by atoms with Crippen LogP contribution in [0.3, 0.4) is 0 Å². The van der Waals surface area contributed by atoms with Gasteiger partial charge in [-0.2, -0.15) is 4.98 Å². The molecule has 1 N–H and O–H groups in total. The fourth-order valence-corrected chi connectivity index (χ4v) is 2.71. The average molecular weight is 287 g/mol. The molecule has 0 aliphatic carbocycles. The Morgan fingerprint density at radius 1 is 1.19 bits per heavy atom. The van der Waals surface area contributed by atoms with Crippen molar-refractivity contribution in [2.24, 2.45) is 0 Å². The Morgan fingerprint density at radius 2 is 1.90 bits per heavy atom. The molecule has 1 heterocycles. The predicted octanol–water partition coefficient (Wildman–Crippen LogP) is 3.21. The van der Waals surface area contributed by atoms with Gasteiger partial charge in [0.1, 0.15) is 0 Å². The van der Waals surface area contributed by atoms with E-state index in [1.807, 2.05) is 7.05 Å². The maximum Gasteiger partial charge on any atom is 0.228 e. The van der Waals surface area contributed by atoms with Gasteiger partial charge in [-0.3, -0.25) is 0 Å². The lowest BCUT2D eigenvalue weighted by Gasteiger charge is -2.11. The number of rotatable bonds is 7. The largest absolute Gasteiger partial charge is 0.339 e. The van der Waals surface area contributed by atoms with Gasteiger partial charge in [0.25, 0.3) is 0 Å². The molecule has 0 saturated heterocycles. The number of hydrogen-bond donors (Lipinski definition) is 1. The van der Waals surface area contributed by atoms with Crippen molar-refractivity contribution >= 4 is 0 Å². The van der Waals surface area contributed by atoms with Gasteiger partial charge in [0, 0.05) is 18.9 Å². The fourth-order valence-electron chi connectivity index (χ4n) is 2.71. The van der Waals surface area contributed by atoms with Crippen LogP contribution in [0.5, 0.6) is 0 Å². The third-order valence-corrected chi connectivity index (χ3v) is 3.62. The van der Waals surface area contributed by atoms with E-state index in [9.17, 15) is 0 Å². The first-order valence-corrected chi connectivity index (χ1v) is 7.66. The number of nitrogens with zero attached hydrogens (tertiary/aromatic N) is 2. The highest BCUT2D eigenvalue weighted by Gasteiger charge is 2.13. The smallest absolute Gasteiger partial charge is 0.228 e. The Balaban J connectivity index is 2.02. The Bertz CT molecular complexity index is 557. The maximum absolute atomic E-state index is 5.37. The molecule has 0 bridgehead atoms. The summed E-state index contributed by atoms with van der Waals surface area (Å²) in [5.74, 6) is 1.49. The third-order valence-electron chi connectivity index (χ3n) is 3.62. The Morgan fingerprint density at radius 3 is 2.52 bits per heavy atom. The van der Waals surface area contributed by atoms with Crippen LogP contribution in [0.4, 0.5) is 0 Å². The zero-order valence-electron chi connectivity index (χ0n) is 13.4. The topological polar surface area (TPSA) is 51.0 Å². The van der Waals surface area contributed by atoms with E-state index in [0.717, 1.165) is 37.4 Å². The minimum atomic E-state index is 0.407. The van der Waals surface area contributed by atoms with Crippen LogP contribution in [0.1, 0.15) is 48.2 Å². The Labute approximate surface area is 127 Å². The Hall–Kier alpha value is -1.68. The van der Waals surface area contributed by atoms with Gasteiger partial charge in [-0.25, -0.2) is 0 Å². The van der Waals surface area contributed by atoms with Gasteiger partial charge in [-0.05, 0) is 32.9 Å². The summed E-state index contributed by atoms with van der Waals surface area (Å²) in [4.78, 5) is 4.52. The molecule has 2 aromatic rings. The molecule has 0 amide bonds. The van der Waals surface area contributed by atoms with Crippen molar-refractivity contribution in [3.05, 3.63) is 46.6 Å². The van der Waals surface area contributed by atoms with Gasteiger partial charge < -0.3 is 9.84 Å². The molecule has 114 valence electrons. The summed E-state index contributed by atoms with van der Waals surface area (Å²) >= 11 is 0. The van der Waals surface area contributed by atoms with Crippen molar-refractivity contribution in [2.45, 2.75) is 52.5 Å². The standard InChI is InChI=1S/C17H25N3O/c1-5-6-15(18-4)11-17-19-16(20-21-17)10-14-8-12(2)7-13(3)9-14/h7-9,15,18H,5-6,10-11H2,1-4H3. The van der Waals surface area contributed by atoms with Gasteiger partial charge >= 0.3 is 0 Å². The lowest BCUT2D eigenvalue weighted by atomic mass is 10.0. The summed E-state index contributed by atoms with van der Waals surface area (Å²) < 4.78 is 5.37. The first-order chi connectivity index (χ1) is 10.1. The third kappa shape index (κ3) is 4.67. The van der Waals surface area contributed by atoms with E-state index in [0.29, 0.717) is 6.04 Å². The van der Waals surface area contributed by atoms with E-state index in [-0.39, 0.29) is 0 Å². The van der Waals surface area contributed by atoms with Crippen LogP contribution in [0.15, 0.2) is 22.7 Å². The quantitative estimate of drug-likeness (QED) is 0.849. The van der Waals surface area contributed by atoms with Crippen molar-refractivity contribution in [3.63, 3.8) is 0 Å². The molecule has 21 heavy (non-hydrogen) atoms. The zero-order chi connectivity index (χ0) is 15.2. The molecule has 0 spiro atoms. The SMILES string of the molecule is CCCC(Cc1nc(Cc2cc(C)cc(C)c2)no1)NC. The van der Waals surface area contributed by atoms with E-state index in [1.54, 1.807) is 0 Å². The van der Waals surface area contributed by atoms with Crippen molar-refractivity contribution in [1.82, 2.24) is 15.5 Å². The summed E-state index contributed by atoms with van der Waals surface area (Å²) in [6, 6.07) is 6.94. The molecule has 1 unspecified atom stereocenters. The number of nitrogens with one attached hydrogen (secondary N) is 1. The molecule has 1 atom stereocenters. The summed E-state index contributed by atoms with van der Waals surface area (Å²) in [5.41, 5.74) is 3.78. The van der Waals surface area contributed by atoms with Crippen LogP contribution in [0.25, 0.3) is 0 Å². The number of benzene rings is 1. The van der Waals surface area contributed by atoms with Crippen LogP contribution in [0, 0.1) is 13.8 Å². The molecule has 1 aromatic carbocycles. The van der Waals surface area contributed by atoms with Crippen molar-refractivity contribution < 1.29 is 4.52 Å². The Kier molecular flexibility index (Phi) is 5.51. The van der Waals surface area contributed by atoms with Gasteiger partial charge in [-0.15, -0.1) is 0 Å². The number of likely N-dealkylation sites (N-methyl/N-ethyl adjacent to an activating group) is 1. The van der Waals surface area contributed by atoms with Crippen LogP contribution in [-0.2, 0) is 12.8 Å². The van der Waals surface area contributed by atoms with Crippen molar-refractivity contribution in [2.75, 3.05) is 7.05 Å². The number of aromatic nitrogens is 2. The molecule has 0 aliphatic heterocycles. The van der Waals surface area contributed by atoms with Crippen molar-refractivity contribution in [3.8, 4) is 0 Å². The molecule has 2 rings (SSSR count). The van der Waals surface area contributed by atoms with Gasteiger partial charge in [0.05, 0.1) is 0 Å². The van der Waals surface area contributed by atoms with Crippen LogP contribution >= 0.6 is 0 Å². The molecule has 0 fully saturated rings. The highest BCUT2D eigenvalue weighted by molar-refractivity contribution is 5.30. The summed E-state index contributed by atoms with van der Waals surface area (Å²) in [6.07, 6.45) is 3.79. The lowest BCUT2D eigenvalue weighted by Crippen LogP contribution is -2.27. The molecular weight excluding hydrogens is 262 g/mol. The average Bonchev–Trinajstić information content (AvgIpc) is 2.84. The van der Waals surface area contributed by atoms with Crippen LogP contribution in [-0.4, -0.2) is 23.2 Å². The van der Waals surface area contributed by atoms with E-state index in [4.69, 9.17) is 4.52 Å². The molecule has 0 radical (unpaired) electrons. The second kappa shape index (κ2) is 7.36. The van der Waals surface area contributed by atoms with Crippen LogP contribution in [0.2, 0.25) is 0 Å².